The molecule has 2 nitrogen and oxygen atoms in total. The van der Waals surface area contributed by atoms with Gasteiger partial charge in [-0.2, -0.15) is 11.8 Å². The summed E-state index contributed by atoms with van der Waals surface area (Å²) < 4.78 is 0. The predicted octanol–water partition coefficient (Wildman–Crippen LogP) is 2.38. The van der Waals surface area contributed by atoms with E-state index in [4.69, 9.17) is 5.11 Å². The fourth-order valence-corrected chi connectivity index (χ4v) is 3.70. The van der Waals surface area contributed by atoms with Gasteiger partial charge in [-0.3, -0.25) is 0 Å². The van der Waals surface area contributed by atoms with Crippen LogP contribution in [0.5, 0.6) is 0 Å². The molecule has 0 fully saturated rings. The summed E-state index contributed by atoms with van der Waals surface area (Å²) in [5.74, 6) is 0.842. The second kappa shape index (κ2) is 6.43. The number of thioether (sulfide) groups is 1. The number of nitrogens with one attached hydrogen (secondary N) is 1. The number of rotatable bonds is 5. The van der Waals surface area contributed by atoms with Crippen molar-refractivity contribution in [2.45, 2.75) is 31.1 Å². The van der Waals surface area contributed by atoms with E-state index in [0.29, 0.717) is 11.3 Å². The van der Waals surface area contributed by atoms with E-state index >= 15 is 0 Å². The van der Waals surface area contributed by atoms with Crippen molar-refractivity contribution in [2.24, 2.45) is 0 Å². The van der Waals surface area contributed by atoms with E-state index in [1.807, 2.05) is 11.8 Å². The van der Waals surface area contributed by atoms with Crippen LogP contribution in [0.1, 0.15) is 30.5 Å². The van der Waals surface area contributed by atoms with Crippen LogP contribution < -0.4 is 5.32 Å². The minimum absolute atomic E-state index is 0.279. The molecule has 0 heterocycles. The van der Waals surface area contributed by atoms with Gasteiger partial charge in [0.25, 0.3) is 0 Å². The molecule has 0 aromatic heterocycles. The number of aryl methyl sites for hydroxylation is 1. The maximum Gasteiger partial charge on any atom is 0.0521 e. The normalized spacial score (nSPS) is 23.4. The van der Waals surface area contributed by atoms with Crippen LogP contribution in [0.4, 0.5) is 0 Å². The lowest BCUT2D eigenvalue weighted by Gasteiger charge is -2.33. The highest BCUT2D eigenvalue weighted by Gasteiger charge is 2.28. The largest absolute Gasteiger partial charge is 0.396 e. The molecular formula is C14H21NOS. The van der Waals surface area contributed by atoms with Crippen LogP contribution in [0.2, 0.25) is 0 Å². The first-order valence-corrected chi connectivity index (χ1v) is 7.45. The topological polar surface area (TPSA) is 32.3 Å². The maximum atomic E-state index is 8.97. The van der Waals surface area contributed by atoms with Gasteiger partial charge in [-0.1, -0.05) is 31.2 Å². The van der Waals surface area contributed by atoms with Crippen LogP contribution in [-0.2, 0) is 6.42 Å². The zero-order chi connectivity index (χ0) is 12.1. The number of hydrogen-bond acceptors (Lipinski definition) is 3. The smallest absolute Gasteiger partial charge is 0.0521 e. The molecule has 1 aromatic rings. The lowest BCUT2D eigenvalue weighted by molar-refractivity contribution is 0.322. The molecule has 0 spiro atoms. The van der Waals surface area contributed by atoms with E-state index < -0.39 is 0 Å². The van der Waals surface area contributed by atoms with Gasteiger partial charge in [0.15, 0.2) is 0 Å². The predicted molar refractivity (Wildman–Crippen MR) is 74.5 cm³/mol. The molecule has 2 atom stereocenters. The Morgan fingerprint density at radius 2 is 2.24 bits per heavy atom. The van der Waals surface area contributed by atoms with Crippen LogP contribution in [0.25, 0.3) is 0 Å². The van der Waals surface area contributed by atoms with Gasteiger partial charge in [0, 0.05) is 17.0 Å². The third-order valence-electron chi connectivity index (χ3n) is 3.31. The SMILES string of the molecule is CCNC1c2ccccc2CCC1SCCO. The van der Waals surface area contributed by atoms with Crippen molar-refractivity contribution in [1.29, 1.82) is 0 Å². The fraction of sp³-hybridized carbons (Fsp3) is 0.571. The molecule has 0 bridgehead atoms. The van der Waals surface area contributed by atoms with Gasteiger partial charge < -0.3 is 10.4 Å². The molecule has 2 N–H and O–H groups in total. The Balaban J connectivity index is 2.16. The van der Waals surface area contributed by atoms with E-state index in [0.717, 1.165) is 12.3 Å². The van der Waals surface area contributed by atoms with Gasteiger partial charge in [-0.25, -0.2) is 0 Å². The summed E-state index contributed by atoms with van der Waals surface area (Å²) in [5, 5.41) is 13.2. The first-order chi connectivity index (χ1) is 8.36. The molecule has 0 aliphatic heterocycles. The van der Waals surface area contributed by atoms with Crippen molar-refractivity contribution in [1.82, 2.24) is 5.32 Å². The Morgan fingerprint density at radius 3 is 3.00 bits per heavy atom. The van der Waals surface area contributed by atoms with Crippen molar-refractivity contribution in [3.05, 3.63) is 35.4 Å². The van der Waals surface area contributed by atoms with Crippen LogP contribution in [0.3, 0.4) is 0 Å². The second-order valence-electron chi connectivity index (χ2n) is 4.41. The monoisotopic (exact) mass is 251 g/mol. The Labute approximate surface area is 108 Å². The summed E-state index contributed by atoms with van der Waals surface area (Å²) in [6.45, 7) is 3.43. The summed E-state index contributed by atoms with van der Waals surface area (Å²) in [6.07, 6.45) is 2.38. The molecule has 3 heteroatoms. The van der Waals surface area contributed by atoms with Gasteiger partial charge in [0.2, 0.25) is 0 Å². The van der Waals surface area contributed by atoms with Crippen LogP contribution in [-0.4, -0.2) is 29.3 Å². The van der Waals surface area contributed by atoms with Crippen LogP contribution in [0.15, 0.2) is 24.3 Å². The highest BCUT2D eigenvalue weighted by atomic mass is 32.2. The Hall–Kier alpha value is -0.510. The number of benzene rings is 1. The molecule has 1 aromatic carbocycles. The lowest BCUT2D eigenvalue weighted by Crippen LogP contribution is -2.34. The summed E-state index contributed by atoms with van der Waals surface area (Å²) in [6, 6.07) is 9.19. The van der Waals surface area contributed by atoms with Crippen molar-refractivity contribution in [2.75, 3.05) is 18.9 Å². The van der Waals surface area contributed by atoms with Crippen molar-refractivity contribution in [3.63, 3.8) is 0 Å². The van der Waals surface area contributed by atoms with Gasteiger partial charge >= 0.3 is 0 Å². The van der Waals surface area contributed by atoms with Crippen LogP contribution in [0, 0.1) is 0 Å². The number of hydrogen-bond donors (Lipinski definition) is 2. The maximum absolute atomic E-state index is 8.97. The first kappa shape index (κ1) is 12.9. The standard InChI is InChI=1S/C14H21NOS/c1-2-15-14-12-6-4-3-5-11(12)7-8-13(14)17-10-9-16/h3-6,13-16H,2,7-10H2,1H3. The van der Waals surface area contributed by atoms with E-state index in [1.165, 1.54) is 24.0 Å². The van der Waals surface area contributed by atoms with E-state index in [9.17, 15) is 0 Å². The summed E-state index contributed by atoms with van der Waals surface area (Å²) >= 11 is 1.90. The van der Waals surface area contributed by atoms with E-state index in [1.54, 1.807) is 0 Å². The molecule has 1 aliphatic carbocycles. The fourth-order valence-electron chi connectivity index (χ4n) is 2.57. The molecule has 2 unspecified atom stereocenters. The molecule has 0 radical (unpaired) electrons. The van der Waals surface area contributed by atoms with Crippen LogP contribution >= 0.6 is 11.8 Å². The highest BCUT2D eigenvalue weighted by molar-refractivity contribution is 7.99. The Bertz CT molecular complexity index is 356. The summed E-state index contributed by atoms with van der Waals surface area (Å²) in [4.78, 5) is 0. The Kier molecular flexibility index (Phi) is 4.89. The molecular weight excluding hydrogens is 230 g/mol. The third kappa shape index (κ3) is 3.03. The number of aliphatic hydroxyl groups excluding tert-OH is 1. The van der Waals surface area contributed by atoms with Gasteiger partial charge in [-0.15, -0.1) is 0 Å². The van der Waals surface area contributed by atoms with Gasteiger partial charge in [-0.05, 0) is 30.5 Å². The molecule has 2 rings (SSSR count). The Morgan fingerprint density at radius 1 is 1.41 bits per heavy atom. The minimum Gasteiger partial charge on any atom is -0.396 e. The van der Waals surface area contributed by atoms with E-state index in [2.05, 4.69) is 36.5 Å². The van der Waals surface area contributed by atoms with Gasteiger partial charge in [0.05, 0.1) is 6.61 Å². The molecule has 1 aliphatic rings. The quantitative estimate of drug-likeness (QED) is 0.843. The van der Waals surface area contributed by atoms with Gasteiger partial charge in [0.1, 0.15) is 0 Å². The number of fused-ring (bicyclic) bond motifs is 1. The second-order valence-corrected chi connectivity index (χ2v) is 5.75. The first-order valence-electron chi connectivity index (χ1n) is 6.40. The summed E-state index contributed by atoms with van der Waals surface area (Å²) in [5.41, 5.74) is 2.94. The molecule has 0 saturated carbocycles. The van der Waals surface area contributed by atoms with Crippen molar-refractivity contribution >= 4 is 11.8 Å². The van der Waals surface area contributed by atoms with Crippen molar-refractivity contribution in [3.8, 4) is 0 Å². The number of aliphatic hydroxyl groups is 1. The molecule has 94 valence electrons. The zero-order valence-corrected chi connectivity index (χ0v) is 11.2. The zero-order valence-electron chi connectivity index (χ0n) is 10.4. The summed E-state index contributed by atoms with van der Waals surface area (Å²) in [7, 11) is 0. The lowest BCUT2D eigenvalue weighted by atomic mass is 9.87. The van der Waals surface area contributed by atoms with E-state index in [-0.39, 0.29) is 6.61 Å². The third-order valence-corrected chi connectivity index (χ3v) is 4.66. The average molecular weight is 251 g/mol. The highest BCUT2D eigenvalue weighted by Crippen LogP contribution is 2.36. The molecule has 0 saturated heterocycles. The average Bonchev–Trinajstić information content (AvgIpc) is 2.38. The molecule has 17 heavy (non-hydrogen) atoms. The van der Waals surface area contributed by atoms with Crippen molar-refractivity contribution < 1.29 is 5.11 Å². The minimum atomic E-state index is 0.279. The molecule has 0 amide bonds.